The van der Waals surface area contributed by atoms with E-state index in [9.17, 15) is 4.79 Å². The molecule has 2 N–H and O–H groups in total. The molecule has 0 bridgehead atoms. The molecule has 29 heavy (non-hydrogen) atoms. The number of pyridine rings is 2. The van der Waals surface area contributed by atoms with Crippen LogP contribution in [0.15, 0.2) is 73.1 Å². The molecule has 7 nitrogen and oxygen atoms in total. The predicted molar refractivity (Wildman–Crippen MR) is 110 cm³/mol. The van der Waals surface area contributed by atoms with Gasteiger partial charge in [0, 0.05) is 23.3 Å². The number of benzene rings is 2. The molecule has 1 amide bonds. The molecular weight excluding hydrogens is 368 g/mol. The quantitative estimate of drug-likeness (QED) is 0.544. The van der Waals surface area contributed by atoms with Crippen molar-refractivity contribution < 1.29 is 14.3 Å². The minimum absolute atomic E-state index is 0.189. The number of ether oxygens (including phenoxy) is 2. The summed E-state index contributed by atoms with van der Waals surface area (Å²) in [6.07, 6.45) is 3.38. The van der Waals surface area contributed by atoms with Gasteiger partial charge < -0.3 is 20.1 Å². The first kappa shape index (κ1) is 17.0. The van der Waals surface area contributed by atoms with Gasteiger partial charge in [0.2, 0.25) is 6.79 Å². The second kappa shape index (κ2) is 7.12. The highest BCUT2D eigenvalue weighted by atomic mass is 16.7. The summed E-state index contributed by atoms with van der Waals surface area (Å²) in [4.78, 5) is 21.2. The van der Waals surface area contributed by atoms with Gasteiger partial charge in [-0.2, -0.15) is 0 Å². The molecule has 2 aromatic carbocycles. The number of aromatic nitrogens is 2. The molecule has 1 aliphatic heterocycles. The number of carbonyl (C=O) groups is 1. The molecule has 1 aliphatic rings. The number of anilines is 3. The largest absolute Gasteiger partial charge is 0.454 e. The van der Waals surface area contributed by atoms with E-state index in [-0.39, 0.29) is 12.7 Å². The van der Waals surface area contributed by atoms with Gasteiger partial charge in [-0.1, -0.05) is 18.2 Å². The number of amides is 1. The van der Waals surface area contributed by atoms with Crippen LogP contribution in [0.4, 0.5) is 17.1 Å². The second-order valence-corrected chi connectivity index (χ2v) is 6.46. The molecule has 0 unspecified atom stereocenters. The van der Waals surface area contributed by atoms with E-state index in [0.29, 0.717) is 22.9 Å². The van der Waals surface area contributed by atoms with Crippen LogP contribution in [0.1, 0.15) is 10.5 Å². The molecule has 0 spiro atoms. The monoisotopic (exact) mass is 384 g/mol. The smallest absolute Gasteiger partial charge is 0.274 e. The van der Waals surface area contributed by atoms with Crippen LogP contribution < -0.4 is 20.1 Å². The van der Waals surface area contributed by atoms with Gasteiger partial charge in [0.15, 0.2) is 11.5 Å². The third-order valence-electron chi connectivity index (χ3n) is 4.54. The Balaban J connectivity index is 1.31. The summed E-state index contributed by atoms with van der Waals surface area (Å²) in [6, 6.07) is 18.6. The van der Waals surface area contributed by atoms with E-state index in [1.807, 2.05) is 36.4 Å². The van der Waals surface area contributed by atoms with Crippen molar-refractivity contribution in [3.63, 3.8) is 0 Å². The Labute approximate surface area is 166 Å². The van der Waals surface area contributed by atoms with Crippen LogP contribution in [0.25, 0.3) is 10.9 Å². The molecule has 0 fully saturated rings. The topological polar surface area (TPSA) is 85.4 Å². The van der Waals surface area contributed by atoms with Crippen LogP contribution in [0.3, 0.4) is 0 Å². The number of carbonyl (C=O) groups excluding carboxylic acids is 1. The molecular formula is C22H16N4O3. The van der Waals surface area contributed by atoms with Crippen molar-refractivity contribution in [1.29, 1.82) is 0 Å². The standard InChI is InChI=1S/C22H16N4O3/c27-22(26-15-7-9-19-20(11-15)29-13-28-19)18-8-6-16(12-24-18)25-17-5-1-3-14-4-2-10-23-21(14)17/h1-12,25H,13H2,(H,26,27). The lowest BCUT2D eigenvalue weighted by Gasteiger charge is -2.10. The van der Waals surface area contributed by atoms with Crippen molar-refractivity contribution in [2.45, 2.75) is 0 Å². The van der Waals surface area contributed by atoms with E-state index >= 15 is 0 Å². The minimum atomic E-state index is -0.303. The van der Waals surface area contributed by atoms with Crippen molar-refractivity contribution in [3.05, 3.63) is 78.8 Å². The first-order valence-electron chi connectivity index (χ1n) is 9.04. The van der Waals surface area contributed by atoms with Gasteiger partial charge in [-0.25, -0.2) is 4.98 Å². The minimum Gasteiger partial charge on any atom is -0.454 e. The first-order valence-corrected chi connectivity index (χ1v) is 9.04. The molecule has 142 valence electrons. The van der Waals surface area contributed by atoms with Gasteiger partial charge in [0.25, 0.3) is 5.91 Å². The van der Waals surface area contributed by atoms with Crippen molar-refractivity contribution >= 4 is 33.9 Å². The molecule has 0 saturated carbocycles. The zero-order valence-electron chi connectivity index (χ0n) is 15.3. The maximum absolute atomic E-state index is 12.5. The van der Waals surface area contributed by atoms with Crippen LogP contribution in [0.5, 0.6) is 11.5 Å². The number of para-hydroxylation sites is 1. The summed E-state index contributed by atoms with van der Waals surface area (Å²) in [7, 11) is 0. The van der Waals surface area contributed by atoms with Gasteiger partial charge in [-0.15, -0.1) is 0 Å². The number of hydrogen-bond donors (Lipinski definition) is 2. The molecule has 0 atom stereocenters. The lowest BCUT2D eigenvalue weighted by molar-refractivity contribution is 0.102. The van der Waals surface area contributed by atoms with E-state index in [2.05, 4.69) is 20.6 Å². The van der Waals surface area contributed by atoms with E-state index in [1.54, 1.807) is 36.7 Å². The Morgan fingerprint density at radius 2 is 1.76 bits per heavy atom. The van der Waals surface area contributed by atoms with Gasteiger partial charge in [-0.05, 0) is 36.4 Å². The average Bonchev–Trinajstić information content (AvgIpc) is 3.22. The molecule has 0 saturated heterocycles. The highest BCUT2D eigenvalue weighted by Crippen LogP contribution is 2.34. The van der Waals surface area contributed by atoms with E-state index < -0.39 is 0 Å². The summed E-state index contributed by atoms with van der Waals surface area (Å²) in [5.74, 6) is 0.973. The fourth-order valence-electron chi connectivity index (χ4n) is 3.13. The Morgan fingerprint density at radius 3 is 2.66 bits per heavy atom. The molecule has 5 rings (SSSR count). The van der Waals surface area contributed by atoms with Crippen LogP contribution in [0.2, 0.25) is 0 Å². The lowest BCUT2D eigenvalue weighted by atomic mass is 10.2. The number of nitrogens with zero attached hydrogens (tertiary/aromatic N) is 2. The maximum Gasteiger partial charge on any atom is 0.274 e. The first-order chi connectivity index (χ1) is 14.3. The Morgan fingerprint density at radius 1 is 0.897 bits per heavy atom. The highest BCUT2D eigenvalue weighted by molar-refractivity contribution is 6.03. The highest BCUT2D eigenvalue weighted by Gasteiger charge is 2.15. The van der Waals surface area contributed by atoms with Crippen LogP contribution >= 0.6 is 0 Å². The van der Waals surface area contributed by atoms with E-state index in [1.165, 1.54) is 0 Å². The van der Waals surface area contributed by atoms with Gasteiger partial charge in [0.05, 0.1) is 23.1 Å². The summed E-state index contributed by atoms with van der Waals surface area (Å²) < 4.78 is 10.6. The third kappa shape index (κ3) is 3.41. The Bertz CT molecular complexity index is 1200. The van der Waals surface area contributed by atoms with Crippen molar-refractivity contribution in [1.82, 2.24) is 9.97 Å². The molecule has 2 aromatic heterocycles. The fourth-order valence-corrected chi connectivity index (χ4v) is 3.13. The van der Waals surface area contributed by atoms with Crippen LogP contribution in [-0.4, -0.2) is 22.7 Å². The second-order valence-electron chi connectivity index (χ2n) is 6.46. The molecule has 3 heterocycles. The number of nitrogens with one attached hydrogen (secondary N) is 2. The van der Waals surface area contributed by atoms with Gasteiger partial charge in [0.1, 0.15) is 5.69 Å². The summed E-state index contributed by atoms with van der Waals surface area (Å²) >= 11 is 0. The Hall–Kier alpha value is -4.13. The average molecular weight is 384 g/mol. The zero-order valence-corrected chi connectivity index (χ0v) is 15.3. The maximum atomic E-state index is 12.5. The summed E-state index contributed by atoms with van der Waals surface area (Å²) in [6.45, 7) is 0.189. The van der Waals surface area contributed by atoms with E-state index in [0.717, 1.165) is 22.3 Å². The summed E-state index contributed by atoms with van der Waals surface area (Å²) in [5, 5.41) is 7.16. The number of hydrogen-bond acceptors (Lipinski definition) is 6. The summed E-state index contributed by atoms with van der Waals surface area (Å²) in [5.41, 5.74) is 3.44. The number of fused-ring (bicyclic) bond motifs is 2. The molecule has 4 aromatic rings. The van der Waals surface area contributed by atoms with Gasteiger partial charge in [-0.3, -0.25) is 9.78 Å². The van der Waals surface area contributed by atoms with Crippen molar-refractivity contribution in [2.75, 3.05) is 17.4 Å². The SMILES string of the molecule is O=C(Nc1ccc2c(c1)OCO2)c1ccc(Nc2cccc3cccnc23)cn1. The van der Waals surface area contributed by atoms with Crippen molar-refractivity contribution in [3.8, 4) is 11.5 Å². The molecule has 7 heteroatoms. The van der Waals surface area contributed by atoms with Crippen LogP contribution in [-0.2, 0) is 0 Å². The molecule has 0 radical (unpaired) electrons. The normalized spacial score (nSPS) is 12.0. The number of rotatable bonds is 4. The van der Waals surface area contributed by atoms with Gasteiger partial charge >= 0.3 is 0 Å². The third-order valence-corrected chi connectivity index (χ3v) is 4.54. The fraction of sp³-hybridized carbons (Fsp3) is 0.0455. The van der Waals surface area contributed by atoms with Crippen molar-refractivity contribution in [2.24, 2.45) is 0 Å². The Kier molecular flexibility index (Phi) is 4.18. The zero-order chi connectivity index (χ0) is 19.6. The van der Waals surface area contributed by atoms with Crippen LogP contribution in [0, 0.1) is 0 Å². The molecule has 0 aliphatic carbocycles. The lowest BCUT2D eigenvalue weighted by Crippen LogP contribution is -2.13. The predicted octanol–water partition coefficient (Wildman–Crippen LogP) is 4.35. The van der Waals surface area contributed by atoms with E-state index in [4.69, 9.17) is 9.47 Å².